The fraction of sp³-hybridized carbons (Fsp3) is 1.00. The van der Waals surface area contributed by atoms with Crippen LogP contribution in [-0.2, 0) is 4.74 Å². The zero-order valence-corrected chi connectivity index (χ0v) is 6.98. The molecule has 0 aromatic carbocycles. The molecule has 1 fully saturated rings. The first-order chi connectivity index (χ1) is 6.07. The lowest BCUT2D eigenvalue weighted by molar-refractivity contribution is -0.249. The van der Waals surface area contributed by atoms with Crippen LogP contribution in [0.1, 0.15) is 6.92 Å². The summed E-state index contributed by atoms with van der Waals surface area (Å²) in [4.78, 5) is 2.51. The van der Waals surface area contributed by atoms with Gasteiger partial charge in [-0.25, -0.2) is 0 Å². The molecule has 1 aliphatic heterocycles. The van der Waals surface area contributed by atoms with Gasteiger partial charge in [0, 0.05) is 4.91 Å². The third-order valence-corrected chi connectivity index (χ3v) is 2.01. The maximum Gasteiger partial charge on any atom is 0.183 e. The van der Waals surface area contributed by atoms with E-state index in [2.05, 4.69) is 10.0 Å². The Morgan fingerprint density at radius 3 is 2.46 bits per heavy atom. The van der Waals surface area contributed by atoms with Gasteiger partial charge in [-0.1, -0.05) is 5.11 Å². The topological polar surface area (TPSA) is 119 Å². The van der Waals surface area contributed by atoms with Crippen molar-refractivity contribution < 1.29 is 20.1 Å². The summed E-state index contributed by atoms with van der Waals surface area (Å²) in [6.45, 7) is 1.54. The van der Waals surface area contributed by atoms with Gasteiger partial charge in [-0.3, -0.25) is 0 Å². The molecule has 0 aromatic rings. The van der Waals surface area contributed by atoms with Crippen molar-refractivity contribution in [1.82, 2.24) is 0 Å². The molecule has 7 nitrogen and oxygen atoms in total. The van der Waals surface area contributed by atoms with Gasteiger partial charge >= 0.3 is 0 Å². The first-order valence-electron chi connectivity index (χ1n) is 3.81. The van der Waals surface area contributed by atoms with E-state index < -0.39 is 30.6 Å². The van der Waals surface area contributed by atoms with E-state index in [4.69, 9.17) is 20.5 Å². The van der Waals surface area contributed by atoms with E-state index >= 15 is 0 Å². The molecule has 3 N–H and O–H groups in total. The van der Waals surface area contributed by atoms with Gasteiger partial charge in [0.15, 0.2) is 6.29 Å². The normalized spacial score (nSPS) is 45.4. The number of azide groups is 1. The van der Waals surface area contributed by atoms with Crippen LogP contribution < -0.4 is 0 Å². The molecule has 7 heteroatoms. The van der Waals surface area contributed by atoms with Gasteiger partial charge in [-0.05, 0) is 12.5 Å². The van der Waals surface area contributed by atoms with E-state index in [1.807, 2.05) is 0 Å². The third-order valence-electron chi connectivity index (χ3n) is 2.01. The molecular weight excluding hydrogens is 178 g/mol. The molecule has 0 radical (unpaired) electrons. The smallest absolute Gasteiger partial charge is 0.183 e. The molecule has 1 unspecified atom stereocenters. The highest BCUT2D eigenvalue weighted by Crippen LogP contribution is 2.21. The Morgan fingerprint density at radius 2 is 1.92 bits per heavy atom. The Morgan fingerprint density at radius 1 is 1.31 bits per heavy atom. The summed E-state index contributed by atoms with van der Waals surface area (Å²) < 4.78 is 4.81. The highest BCUT2D eigenvalue weighted by Gasteiger charge is 2.41. The van der Waals surface area contributed by atoms with Crippen LogP contribution in [0.25, 0.3) is 10.4 Å². The zero-order valence-electron chi connectivity index (χ0n) is 6.98. The van der Waals surface area contributed by atoms with Crippen molar-refractivity contribution in [3.8, 4) is 0 Å². The SMILES string of the molecule is C[C@@H]1OC(O)[C@H](O)[C@H](O)[C@H]1N=[N+]=[N-]. The van der Waals surface area contributed by atoms with E-state index in [1.54, 1.807) is 0 Å². The number of ether oxygens (including phenoxy) is 1. The highest BCUT2D eigenvalue weighted by molar-refractivity contribution is 4.91. The molecule has 0 amide bonds. The first-order valence-corrected chi connectivity index (χ1v) is 3.81. The maximum atomic E-state index is 9.35. The maximum absolute atomic E-state index is 9.35. The number of hydrogen-bond acceptors (Lipinski definition) is 5. The van der Waals surface area contributed by atoms with Crippen molar-refractivity contribution in [3.05, 3.63) is 10.4 Å². The lowest BCUT2D eigenvalue weighted by Crippen LogP contribution is -2.55. The minimum Gasteiger partial charge on any atom is -0.390 e. The minimum absolute atomic E-state index is 0.621. The van der Waals surface area contributed by atoms with Crippen molar-refractivity contribution in [2.45, 2.75) is 37.6 Å². The molecule has 13 heavy (non-hydrogen) atoms. The van der Waals surface area contributed by atoms with Crippen molar-refractivity contribution >= 4 is 0 Å². The van der Waals surface area contributed by atoms with Crippen molar-refractivity contribution in [3.63, 3.8) is 0 Å². The predicted octanol–water partition coefficient (Wildman–Crippen LogP) is -0.876. The molecule has 0 saturated carbocycles. The monoisotopic (exact) mass is 189 g/mol. The second kappa shape index (κ2) is 3.91. The van der Waals surface area contributed by atoms with Crippen LogP contribution in [0.5, 0.6) is 0 Å². The number of aliphatic hydroxyl groups excluding tert-OH is 3. The standard InChI is InChI=1S/C6H11N3O4/c1-2-3(8-9-7)4(10)5(11)6(12)13-2/h2-6,10-12H,1H3/t2-,3-,4+,5+,6?/m0/s1. The van der Waals surface area contributed by atoms with Gasteiger partial charge in [-0.2, -0.15) is 0 Å². The summed E-state index contributed by atoms with van der Waals surface area (Å²) in [5.74, 6) is 0. The quantitative estimate of drug-likeness (QED) is 0.282. The molecule has 74 valence electrons. The highest BCUT2D eigenvalue weighted by atomic mass is 16.6. The minimum atomic E-state index is -1.44. The lowest BCUT2D eigenvalue weighted by atomic mass is 9.98. The lowest BCUT2D eigenvalue weighted by Gasteiger charge is -2.37. The summed E-state index contributed by atoms with van der Waals surface area (Å²) in [5, 5.41) is 30.8. The van der Waals surface area contributed by atoms with Crippen molar-refractivity contribution in [1.29, 1.82) is 0 Å². The molecule has 0 spiro atoms. The summed E-state index contributed by atoms with van der Waals surface area (Å²) in [5.41, 5.74) is 8.15. The second-order valence-electron chi connectivity index (χ2n) is 2.91. The molecule has 0 aliphatic carbocycles. The van der Waals surface area contributed by atoms with Crippen LogP contribution in [0.4, 0.5) is 0 Å². The number of rotatable bonds is 1. The summed E-state index contributed by atoms with van der Waals surface area (Å²) in [6, 6.07) is -0.872. The Balaban J connectivity index is 2.78. The largest absolute Gasteiger partial charge is 0.390 e. The zero-order chi connectivity index (χ0) is 10.0. The van der Waals surface area contributed by atoms with Crippen LogP contribution in [-0.4, -0.2) is 46.0 Å². The summed E-state index contributed by atoms with van der Waals surface area (Å²) >= 11 is 0. The van der Waals surface area contributed by atoms with Gasteiger partial charge in [0.1, 0.15) is 6.10 Å². The van der Waals surface area contributed by atoms with E-state index in [-0.39, 0.29) is 0 Å². The number of aliphatic hydroxyl groups is 3. The predicted molar refractivity (Wildman–Crippen MR) is 41.5 cm³/mol. The molecular formula is C6H11N3O4. The van der Waals surface area contributed by atoms with E-state index in [9.17, 15) is 5.11 Å². The van der Waals surface area contributed by atoms with Crippen LogP contribution in [0.3, 0.4) is 0 Å². The second-order valence-corrected chi connectivity index (χ2v) is 2.91. The fourth-order valence-electron chi connectivity index (χ4n) is 1.25. The van der Waals surface area contributed by atoms with Crippen molar-refractivity contribution in [2.75, 3.05) is 0 Å². The van der Waals surface area contributed by atoms with Crippen LogP contribution in [0, 0.1) is 0 Å². The molecule has 1 saturated heterocycles. The molecule has 1 aliphatic rings. The Kier molecular flexibility index (Phi) is 3.07. The molecule has 1 rings (SSSR count). The number of nitrogens with zero attached hydrogens (tertiary/aromatic N) is 3. The molecule has 0 bridgehead atoms. The van der Waals surface area contributed by atoms with Crippen LogP contribution >= 0.6 is 0 Å². The third kappa shape index (κ3) is 1.90. The van der Waals surface area contributed by atoms with Gasteiger partial charge in [0.2, 0.25) is 0 Å². The van der Waals surface area contributed by atoms with E-state index in [1.165, 1.54) is 6.92 Å². The van der Waals surface area contributed by atoms with Crippen LogP contribution in [0.2, 0.25) is 0 Å². The Labute approximate surface area is 74.2 Å². The average molecular weight is 189 g/mol. The van der Waals surface area contributed by atoms with E-state index in [0.29, 0.717) is 0 Å². The first kappa shape index (κ1) is 10.2. The molecule has 5 atom stereocenters. The molecule has 1 heterocycles. The Hall–Kier alpha value is -0.850. The van der Waals surface area contributed by atoms with Crippen molar-refractivity contribution in [2.24, 2.45) is 5.11 Å². The Bertz CT molecular complexity index is 230. The molecule has 0 aromatic heterocycles. The van der Waals surface area contributed by atoms with Gasteiger partial charge in [0.25, 0.3) is 0 Å². The summed E-state index contributed by atoms with van der Waals surface area (Å²) in [7, 11) is 0. The number of hydrogen-bond donors (Lipinski definition) is 3. The van der Waals surface area contributed by atoms with Gasteiger partial charge in [0.05, 0.1) is 18.2 Å². The fourth-order valence-corrected chi connectivity index (χ4v) is 1.25. The van der Waals surface area contributed by atoms with Gasteiger partial charge < -0.3 is 20.1 Å². The van der Waals surface area contributed by atoms with Gasteiger partial charge in [-0.15, -0.1) is 0 Å². The van der Waals surface area contributed by atoms with E-state index in [0.717, 1.165) is 0 Å². The van der Waals surface area contributed by atoms with Crippen LogP contribution in [0.15, 0.2) is 5.11 Å². The summed E-state index contributed by atoms with van der Waals surface area (Å²) in [6.07, 6.45) is -4.79. The average Bonchev–Trinajstić information content (AvgIpc) is 2.09.